The fourth-order valence-electron chi connectivity index (χ4n) is 1.58. The first-order valence-corrected chi connectivity index (χ1v) is 5.91. The number of benzene rings is 1. The van der Waals surface area contributed by atoms with Crippen molar-refractivity contribution in [2.45, 2.75) is 20.0 Å². The van der Waals surface area contributed by atoms with Gasteiger partial charge in [-0.15, -0.1) is 0 Å². The predicted molar refractivity (Wildman–Crippen MR) is 67.2 cm³/mol. The summed E-state index contributed by atoms with van der Waals surface area (Å²) in [4.78, 5) is 0. The number of aliphatic hydroxyl groups excluding tert-OH is 1. The fourth-order valence-corrected chi connectivity index (χ4v) is 1.94. The third-order valence-electron chi connectivity index (χ3n) is 2.50. The van der Waals surface area contributed by atoms with Crippen LogP contribution in [-0.4, -0.2) is 5.11 Å². The summed E-state index contributed by atoms with van der Waals surface area (Å²) >= 11 is 3.44. The van der Waals surface area contributed by atoms with Gasteiger partial charge in [-0.05, 0) is 43.7 Å². The lowest BCUT2D eigenvalue weighted by Crippen LogP contribution is -1.86. The zero-order valence-corrected chi connectivity index (χ0v) is 10.8. The molecule has 1 unspecified atom stereocenters. The van der Waals surface area contributed by atoms with Gasteiger partial charge in [0.15, 0.2) is 0 Å². The number of furan rings is 1. The molecule has 1 aromatic heterocycles. The normalized spacial score (nSPS) is 12.8. The number of hydrogen-bond donors (Lipinski definition) is 1. The summed E-state index contributed by atoms with van der Waals surface area (Å²) in [7, 11) is 0. The van der Waals surface area contributed by atoms with Gasteiger partial charge in [-0.3, -0.25) is 0 Å². The highest BCUT2D eigenvalue weighted by Gasteiger charge is 2.10. The summed E-state index contributed by atoms with van der Waals surface area (Å²) < 4.78 is 6.61. The molecule has 0 aliphatic rings. The smallest absolute Gasteiger partial charge is 0.134 e. The molecule has 0 amide bonds. The van der Waals surface area contributed by atoms with Crippen molar-refractivity contribution in [1.29, 1.82) is 0 Å². The van der Waals surface area contributed by atoms with E-state index < -0.39 is 6.10 Å². The number of rotatable bonds is 2. The van der Waals surface area contributed by atoms with Gasteiger partial charge in [0.05, 0.1) is 0 Å². The van der Waals surface area contributed by atoms with Crippen molar-refractivity contribution >= 4 is 15.9 Å². The lowest BCUT2D eigenvalue weighted by atomic mass is 10.1. The second-order valence-corrected chi connectivity index (χ2v) is 4.75. The molecule has 0 aliphatic carbocycles. The molecular weight excluding hydrogens is 268 g/mol. The van der Waals surface area contributed by atoms with Crippen molar-refractivity contribution in [3.8, 4) is 11.3 Å². The zero-order chi connectivity index (χ0) is 11.7. The minimum Gasteiger partial charge on any atom is -0.458 e. The predicted octanol–water partition coefficient (Wildman–Crippen LogP) is 4.07. The molecule has 0 radical (unpaired) electrons. The van der Waals surface area contributed by atoms with E-state index in [4.69, 9.17) is 4.42 Å². The SMILES string of the molecule is Cc1ccc(Br)cc1-c1ccc(C(C)O)o1. The number of halogens is 1. The molecule has 1 heterocycles. The van der Waals surface area contributed by atoms with Crippen LogP contribution in [0.15, 0.2) is 39.2 Å². The first-order chi connectivity index (χ1) is 7.58. The summed E-state index contributed by atoms with van der Waals surface area (Å²) in [6, 6.07) is 9.73. The molecule has 2 nitrogen and oxygen atoms in total. The van der Waals surface area contributed by atoms with Crippen LogP contribution in [0, 0.1) is 6.92 Å². The van der Waals surface area contributed by atoms with E-state index in [9.17, 15) is 5.11 Å². The molecule has 1 aromatic carbocycles. The van der Waals surface area contributed by atoms with Gasteiger partial charge < -0.3 is 9.52 Å². The Kier molecular flexibility index (Phi) is 3.17. The van der Waals surface area contributed by atoms with Gasteiger partial charge in [0.1, 0.15) is 17.6 Å². The Morgan fingerprint density at radius 1 is 1.25 bits per heavy atom. The van der Waals surface area contributed by atoms with Crippen LogP contribution in [0.1, 0.15) is 24.4 Å². The van der Waals surface area contributed by atoms with Gasteiger partial charge in [-0.2, -0.15) is 0 Å². The van der Waals surface area contributed by atoms with Crippen LogP contribution in [0.25, 0.3) is 11.3 Å². The van der Waals surface area contributed by atoms with Gasteiger partial charge in [-0.25, -0.2) is 0 Å². The minimum absolute atomic E-state index is 0.568. The van der Waals surface area contributed by atoms with Crippen LogP contribution in [0.3, 0.4) is 0 Å². The van der Waals surface area contributed by atoms with Crippen LogP contribution >= 0.6 is 15.9 Å². The summed E-state index contributed by atoms with van der Waals surface area (Å²) in [5.74, 6) is 1.38. The molecule has 0 spiro atoms. The monoisotopic (exact) mass is 280 g/mol. The molecule has 2 rings (SSSR count). The van der Waals surface area contributed by atoms with Crippen molar-refractivity contribution in [2.75, 3.05) is 0 Å². The zero-order valence-electron chi connectivity index (χ0n) is 9.20. The molecular formula is C13H13BrO2. The number of aryl methyl sites for hydroxylation is 1. The van der Waals surface area contributed by atoms with E-state index in [2.05, 4.69) is 15.9 Å². The van der Waals surface area contributed by atoms with Gasteiger partial charge in [-0.1, -0.05) is 22.0 Å². The lowest BCUT2D eigenvalue weighted by Gasteiger charge is -2.04. The average Bonchev–Trinajstić information content (AvgIpc) is 2.70. The molecule has 1 atom stereocenters. The summed E-state index contributed by atoms with van der Waals surface area (Å²) in [5.41, 5.74) is 2.19. The van der Waals surface area contributed by atoms with Crippen molar-refractivity contribution in [3.05, 3.63) is 46.1 Å². The van der Waals surface area contributed by atoms with Crippen molar-refractivity contribution < 1.29 is 9.52 Å². The summed E-state index contributed by atoms with van der Waals surface area (Å²) in [5, 5.41) is 9.40. The molecule has 3 heteroatoms. The minimum atomic E-state index is -0.568. The quantitative estimate of drug-likeness (QED) is 0.900. The van der Waals surface area contributed by atoms with E-state index in [0.29, 0.717) is 5.76 Å². The molecule has 0 fully saturated rings. The van der Waals surface area contributed by atoms with E-state index in [1.54, 1.807) is 13.0 Å². The van der Waals surface area contributed by atoms with Crippen LogP contribution in [0.4, 0.5) is 0 Å². The molecule has 0 aliphatic heterocycles. The fraction of sp³-hybridized carbons (Fsp3) is 0.231. The van der Waals surface area contributed by atoms with Gasteiger partial charge in [0, 0.05) is 10.0 Å². The number of hydrogen-bond acceptors (Lipinski definition) is 2. The topological polar surface area (TPSA) is 33.4 Å². The van der Waals surface area contributed by atoms with E-state index in [-0.39, 0.29) is 0 Å². The first-order valence-electron chi connectivity index (χ1n) is 5.12. The maximum Gasteiger partial charge on any atom is 0.134 e. The molecule has 0 bridgehead atoms. The molecule has 16 heavy (non-hydrogen) atoms. The highest BCUT2D eigenvalue weighted by atomic mass is 79.9. The molecule has 2 aromatic rings. The molecule has 1 N–H and O–H groups in total. The number of aliphatic hydroxyl groups is 1. The Morgan fingerprint density at radius 3 is 2.62 bits per heavy atom. The van der Waals surface area contributed by atoms with E-state index in [1.165, 1.54) is 0 Å². The van der Waals surface area contributed by atoms with Crippen LogP contribution in [-0.2, 0) is 0 Å². The largest absolute Gasteiger partial charge is 0.458 e. The van der Waals surface area contributed by atoms with Gasteiger partial charge in [0.2, 0.25) is 0 Å². The van der Waals surface area contributed by atoms with E-state index >= 15 is 0 Å². The molecule has 84 valence electrons. The standard InChI is InChI=1S/C13H13BrO2/c1-8-3-4-10(14)7-11(8)13-6-5-12(16-13)9(2)15/h3-7,9,15H,1-2H3. The van der Waals surface area contributed by atoms with E-state index in [1.807, 2.05) is 31.2 Å². The molecule has 0 saturated carbocycles. The van der Waals surface area contributed by atoms with Crippen molar-refractivity contribution in [2.24, 2.45) is 0 Å². The Bertz CT molecular complexity index is 500. The third kappa shape index (κ3) is 2.20. The Hall–Kier alpha value is -1.06. The second-order valence-electron chi connectivity index (χ2n) is 3.84. The molecule has 0 saturated heterocycles. The maximum absolute atomic E-state index is 9.40. The average molecular weight is 281 g/mol. The first kappa shape index (κ1) is 11.4. The van der Waals surface area contributed by atoms with Crippen LogP contribution in [0.5, 0.6) is 0 Å². The van der Waals surface area contributed by atoms with Crippen molar-refractivity contribution in [1.82, 2.24) is 0 Å². The Labute approximate surface area is 103 Å². The van der Waals surface area contributed by atoms with E-state index in [0.717, 1.165) is 21.4 Å². The summed E-state index contributed by atoms with van der Waals surface area (Å²) in [6.07, 6.45) is -0.568. The third-order valence-corrected chi connectivity index (χ3v) is 3.00. The van der Waals surface area contributed by atoms with Gasteiger partial charge >= 0.3 is 0 Å². The van der Waals surface area contributed by atoms with Crippen LogP contribution < -0.4 is 0 Å². The Balaban J connectivity index is 2.46. The lowest BCUT2D eigenvalue weighted by molar-refractivity contribution is 0.170. The highest BCUT2D eigenvalue weighted by molar-refractivity contribution is 9.10. The second kappa shape index (κ2) is 4.44. The maximum atomic E-state index is 9.40. The van der Waals surface area contributed by atoms with Crippen LogP contribution in [0.2, 0.25) is 0 Å². The van der Waals surface area contributed by atoms with Gasteiger partial charge in [0.25, 0.3) is 0 Å². The highest BCUT2D eigenvalue weighted by Crippen LogP contribution is 2.29. The summed E-state index contributed by atoms with van der Waals surface area (Å²) in [6.45, 7) is 3.72. The Morgan fingerprint density at radius 2 is 2.00 bits per heavy atom. The van der Waals surface area contributed by atoms with Crippen molar-refractivity contribution in [3.63, 3.8) is 0 Å².